The summed E-state index contributed by atoms with van der Waals surface area (Å²) >= 11 is 7.54. The first-order valence-corrected chi connectivity index (χ1v) is 5.51. The molecule has 0 aromatic carbocycles. The van der Waals surface area contributed by atoms with Gasteiger partial charge in [-0.15, -0.1) is 11.3 Å². The van der Waals surface area contributed by atoms with Crippen molar-refractivity contribution in [3.63, 3.8) is 0 Å². The van der Waals surface area contributed by atoms with Crippen LogP contribution in [0.25, 0.3) is 0 Å². The van der Waals surface area contributed by atoms with Crippen molar-refractivity contribution < 1.29 is 0 Å². The van der Waals surface area contributed by atoms with Crippen LogP contribution in [0, 0.1) is 5.92 Å². The van der Waals surface area contributed by atoms with Crippen LogP contribution in [-0.4, -0.2) is 0 Å². The predicted molar refractivity (Wildman–Crippen MR) is 53.6 cm³/mol. The maximum atomic E-state index is 6.00. The van der Waals surface area contributed by atoms with E-state index in [0.717, 1.165) is 22.2 Å². The van der Waals surface area contributed by atoms with E-state index in [9.17, 15) is 0 Å². The molecule has 3 heteroatoms. The highest BCUT2D eigenvalue weighted by molar-refractivity contribution is 7.14. The van der Waals surface area contributed by atoms with Crippen molar-refractivity contribution in [2.24, 2.45) is 11.7 Å². The smallest absolute Gasteiger partial charge is 0.0976 e. The van der Waals surface area contributed by atoms with Crippen molar-refractivity contribution in [3.8, 4) is 0 Å². The highest BCUT2D eigenvalue weighted by atomic mass is 35.5. The zero-order valence-electron chi connectivity index (χ0n) is 6.79. The molecule has 1 aliphatic carbocycles. The van der Waals surface area contributed by atoms with Gasteiger partial charge in [-0.05, 0) is 29.3 Å². The van der Waals surface area contributed by atoms with Crippen LogP contribution in [0.1, 0.15) is 30.9 Å². The second-order valence-corrected chi connectivity index (χ2v) is 4.95. The Kier molecular flexibility index (Phi) is 2.40. The second-order valence-electron chi connectivity index (χ2n) is 3.44. The maximum absolute atomic E-state index is 6.00. The number of nitrogens with two attached hydrogens (primary N) is 1. The van der Waals surface area contributed by atoms with Gasteiger partial charge in [-0.1, -0.05) is 24.4 Å². The molecule has 1 aromatic heterocycles. The fraction of sp³-hybridized carbons (Fsp3) is 0.556. The normalized spacial score (nSPS) is 19.5. The molecule has 2 N–H and O–H groups in total. The molecule has 0 saturated heterocycles. The molecule has 2 rings (SSSR count). The van der Waals surface area contributed by atoms with Crippen molar-refractivity contribution in [3.05, 3.63) is 21.3 Å². The van der Waals surface area contributed by atoms with Crippen molar-refractivity contribution in [2.75, 3.05) is 0 Å². The summed E-state index contributed by atoms with van der Waals surface area (Å²) in [5, 5.41) is 2.00. The summed E-state index contributed by atoms with van der Waals surface area (Å²) in [4.78, 5) is 0. The van der Waals surface area contributed by atoms with E-state index >= 15 is 0 Å². The summed E-state index contributed by atoms with van der Waals surface area (Å²) in [6.07, 6.45) is 3.82. The molecule has 0 aliphatic heterocycles. The zero-order valence-corrected chi connectivity index (χ0v) is 8.37. The number of halogens is 1. The van der Waals surface area contributed by atoms with Gasteiger partial charge in [-0.2, -0.15) is 0 Å². The first-order valence-electron chi connectivity index (χ1n) is 4.26. The monoisotopic (exact) mass is 201 g/mol. The summed E-state index contributed by atoms with van der Waals surface area (Å²) in [6, 6.07) is 2.20. The lowest BCUT2D eigenvalue weighted by atomic mass is 10.1. The van der Waals surface area contributed by atoms with Crippen molar-refractivity contribution in [1.29, 1.82) is 0 Å². The van der Waals surface area contributed by atoms with Gasteiger partial charge in [-0.25, -0.2) is 0 Å². The Morgan fingerprint density at radius 2 is 2.42 bits per heavy atom. The Bertz CT molecular complexity index is 267. The van der Waals surface area contributed by atoms with Gasteiger partial charge >= 0.3 is 0 Å². The average molecular weight is 202 g/mol. The fourth-order valence-electron chi connectivity index (χ4n) is 1.41. The highest BCUT2D eigenvalue weighted by Crippen LogP contribution is 2.39. The van der Waals surface area contributed by atoms with E-state index in [1.54, 1.807) is 11.3 Å². The first kappa shape index (κ1) is 8.54. The Balaban J connectivity index is 2.02. The zero-order chi connectivity index (χ0) is 8.55. The fourth-order valence-corrected chi connectivity index (χ4v) is 2.46. The van der Waals surface area contributed by atoms with E-state index in [2.05, 4.69) is 0 Å². The summed E-state index contributed by atoms with van der Waals surface area (Å²) in [5.41, 5.74) is 7.14. The lowest BCUT2D eigenvalue weighted by molar-refractivity contribution is 0.599. The van der Waals surface area contributed by atoms with Crippen molar-refractivity contribution in [2.45, 2.75) is 25.3 Å². The van der Waals surface area contributed by atoms with Crippen LogP contribution in [0.2, 0.25) is 4.34 Å². The molecule has 1 aromatic rings. The van der Waals surface area contributed by atoms with Crippen LogP contribution in [-0.2, 0) is 0 Å². The first-order chi connectivity index (χ1) is 5.77. The Morgan fingerprint density at radius 3 is 2.92 bits per heavy atom. The molecular formula is C9H12ClNS. The van der Waals surface area contributed by atoms with Crippen LogP contribution in [0.15, 0.2) is 11.4 Å². The summed E-state index contributed by atoms with van der Waals surface area (Å²) in [5.74, 6) is 0.871. The third-order valence-electron chi connectivity index (χ3n) is 2.33. The Morgan fingerprint density at radius 1 is 1.67 bits per heavy atom. The molecule has 0 bridgehead atoms. The lowest BCUT2D eigenvalue weighted by Gasteiger charge is -2.08. The van der Waals surface area contributed by atoms with E-state index in [4.69, 9.17) is 17.3 Å². The minimum absolute atomic E-state index is 0.163. The molecule has 0 radical (unpaired) electrons. The molecule has 0 amide bonds. The molecular weight excluding hydrogens is 190 g/mol. The van der Waals surface area contributed by atoms with Gasteiger partial charge in [0.05, 0.1) is 4.34 Å². The van der Waals surface area contributed by atoms with E-state index in [1.165, 1.54) is 12.8 Å². The molecule has 12 heavy (non-hydrogen) atoms. The van der Waals surface area contributed by atoms with Crippen LogP contribution < -0.4 is 5.73 Å². The highest BCUT2D eigenvalue weighted by Gasteiger charge is 2.25. The van der Waals surface area contributed by atoms with Gasteiger partial charge in [0, 0.05) is 6.04 Å². The molecule has 0 spiro atoms. The molecule has 1 aliphatic rings. The van der Waals surface area contributed by atoms with Gasteiger partial charge < -0.3 is 5.73 Å². The molecule has 1 fully saturated rings. The van der Waals surface area contributed by atoms with Gasteiger partial charge in [0.1, 0.15) is 0 Å². The third-order valence-corrected chi connectivity index (χ3v) is 3.53. The molecule has 1 saturated carbocycles. The van der Waals surface area contributed by atoms with Crippen molar-refractivity contribution >= 4 is 22.9 Å². The molecule has 1 heterocycles. The molecule has 1 atom stereocenters. The van der Waals surface area contributed by atoms with Crippen LogP contribution >= 0.6 is 22.9 Å². The lowest BCUT2D eigenvalue weighted by Crippen LogP contribution is -2.10. The standard InChI is InChI=1S/C9H12ClNS/c10-9-7(3-4-12-9)8(11)5-6-1-2-6/h3-4,6,8H,1-2,5,11H2/t8-/m0/s1. The SMILES string of the molecule is N[C@@H](CC1CC1)c1ccsc1Cl. The second kappa shape index (κ2) is 3.36. The summed E-state index contributed by atoms with van der Waals surface area (Å²) in [7, 11) is 0. The van der Waals surface area contributed by atoms with Crippen LogP contribution in [0.3, 0.4) is 0 Å². The van der Waals surface area contributed by atoms with E-state index in [-0.39, 0.29) is 6.04 Å². The van der Waals surface area contributed by atoms with Crippen LogP contribution in [0.5, 0.6) is 0 Å². The van der Waals surface area contributed by atoms with E-state index < -0.39 is 0 Å². The molecule has 66 valence electrons. The Labute approximate surface area is 81.5 Å². The van der Waals surface area contributed by atoms with Crippen molar-refractivity contribution in [1.82, 2.24) is 0 Å². The topological polar surface area (TPSA) is 26.0 Å². The Hall–Kier alpha value is -0.0500. The van der Waals surface area contributed by atoms with Gasteiger partial charge in [0.2, 0.25) is 0 Å². The quantitative estimate of drug-likeness (QED) is 0.799. The van der Waals surface area contributed by atoms with Gasteiger partial charge in [0.15, 0.2) is 0 Å². The number of hydrogen-bond acceptors (Lipinski definition) is 2. The van der Waals surface area contributed by atoms with E-state index in [1.807, 2.05) is 11.4 Å². The number of hydrogen-bond donors (Lipinski definition) is 1. The van der Waals surface area contributed by atoms with Crippen LogP contribution in [0.4, 0.5) is 0 Å². The number of thiophene rings is 1. The molecule has 1 nitrogen and oxygen atoms in total. The summed E-state index contributed by atoms with van der Waals surface area (Å²) < 4.78 is 0.864. The number of rotatable bonds is 3. The van der Waals surface area contributed by atoms with E-state index in [0.29, 0.717) is 0 Å². The minimum atomic E-state index is 0.163. The summed E-state index contributed by atoms with van der Waals surface area (Å²) in [6.45, 7) is 0. The van der Waals surface area contributed by atoms with Gasteiger partial charge in [-0.3, -0.25) is 0 Å². The average Bonchev–Trinajstić information content (AvgIpc) is 2.72. The minimum Gasteiger partial charge on any atom is -0.324 e. The predicted octanol–water partition coefficient (Wildman–Crippen LogP) is 3.20. The molecule has 0 unspecified atom stereocenters. The largest absolute Gasteiger partial charge is 0.324 e. The maximum Gasteiger partial charge on any atom is 0.0976 e. The van der Waals surface area contributed by atoms with Gasteiger partial charge in [0.25, 0.3) is 0 Å². The third kappa shape index (κ3) is 1.82.